The lowest BCUT2D eigenvalue weighted by molar-refractivity contribution is 0.0937. The summed E-state index contributed by atoms with van der Waals surface area (Å²) in [6.45, 7) is 5.98. The van der Waals surface area contributed by atoms with E-state index in [0.717, 1.165) is 30.9 Å². The Labute approximate surface area is 121 Å². The first-order valence-electron chi connectivity index (χ1n) is 7.49. The molecule has 1 amide bonds. The maximum absolute atomic E-state index is 12.1. The lowest BCUT2D eigenvalue weighted by Crippen LogP contribution is -2.39. The van der Waals surface area contributed by atoms with Crippen molar-refractivity contribution in [3.63, 3.8) is 0 Å². The molecule has 0 bridgehead atoms. The van der Waals surface area contributed by atoms with Gasteiger partial charge in [-0.05, 0) is 63.5 Å². The van der Waals surface area contributed by atoms with Crippen LogP contribution in [0.3, 0.4) is 0 Å². The number of nitrogens with zero attached hydrogens (tertiary/aromatic N) is 1. The Hall–Kier alpha value is -1.55. The lowest BCUT2D eigenvalue weighted by Gasteiger charge is -2.29. The first kappa shape index (κ1) is 14.9. The van der Waals surface area contributed by atoms with Gasteiger partial charge in [0.25, 0.3) is 5.91 Å². The van der Waals surface area contributed by atoms with Crippen molar-refractivity contribution in [3.05, 3.63) is 29.8 Å². The molecule has 1 fully saturated rings. The van der Waals surface area contributed by atoms with Gasteiger partial charge in [0.2, 0.25) is 0 Å². The average Bonchev–Trinajstić information content (AvgIpc) is 2.46. The van der Waals surface area contributed by atoms with Crippen LogP contribution in [0.4, 0.5) is 5.69 Å². The van der Waals surface area contributed by atoms with Gasteiger partial charge in [0.05, 0.1) is 0 Å². The van der Waals surface area contributed by atoms with Crippen molar-refractivity contribution in [2.24, 2.45) is 5.92 Å². The number of carbonyl (C=O) groups is 1. The smallest absolute Gasteiger partial charge is 0.251 e. The quantitative estimate of drug-likeness (QED) is 0.866. The molecule has 2 rings (SSSR count). The highest BCUT2D eigenvalue weighted by Gasteiger charge is 2.17. The Morgan fingerprint density at radius 1 is 1.35 bits per heavy atom. The van der Waals surface area contributed by atoms with Gasteiger partial charge in [-0.1, -0.05) is 0 Å². The molecule has 1 heterocycles. The number of carbonyl (C=O) groups excluding carboxylic acids is 1. The van der Waals surface area contributed by atoms with E-state index in [9.17, 15) is 4.79 Å². The zero-order chi connectivity index (χ0) is 14.4. The van der Waals surface area contributed by atoms with Crippen molar-refractivity contribution in [2.45, 2.75) is 19.8 Å². The highest BCUT2D eigenvalue weighted by Crippen LogP contribution is 2.14. The van der Waals surface area contributed by atoms with Crippen molar-refractivity contribution < 1.29 is 4.79 Å². The maximum Gasteiger partial charge on any atom is 0.251 e. The van der Waals surface area contributed by atoms with Gasteiger partial charge in [0.15, 0.2) is 0 Å². The molecule has 0 saturated carbocycles. The number of amides is 1. The summed E-state index contributed by atoms with van der Waals surface area (Å²) >= 11 is 0. The second-order valence-electron chi connectivity index (χ2n) is 5.59. The molecule has 110 valence electrons. The summed E-state index contributed by atoms with van der Waals surface area (Å²) in [5.74, 6) is 0.611. The van der Waals surface area contributed by atoms with Gasteiger partial charge in [-0.3, -0.25) is 4.79 Å². The topological polar surface area (TPSA) is 44.4 Å². The minimum Gasteiger partial charge on any atom is -0.385 e. The fourth-order valence-electron chi connectivity index (χ4n) is 2.72. The molecule has 1 atom stereocenters. The second-order valence-corrected chi connectivity index (χ2v) is 5.59. The van der Waals surface area contributed by atoms with Gasteiger partial charge in [-0.15, -0.1) is 0 Å². The number of likely N-dealkylation sites (tertiary alicyclic amines) is 1. The van der Waals surface area contributed by atoms with Crippen LogP contribution in [0.15, 0.2) is 24.3 Å². The van der Waals surface area contributed by atoms with Gasteiger partial charge in [-0.2, -0.15) is 0 Å². The summed E-state index contributed by atoms with van der Waals surface area (Å²) in [4.78, 5) is 14.4. The number of piperidine rings is 1. The number of rotatable bonds is 5. The minimum absolute atomic E-state index is 0.0290. The van der Waals surface area contributed by atoms with Crippen LogP contribution >= 0.6 is 0 Å². The van der Waals surface area contributed by atoms with Crippen LogP contribution < -0.4 is 10.6 Å². The van der Waals surface area contributed by atoms with E-state index in [2.05, 4.69) is 29.5 Å². The van der Waals surface area contributed by atoms with Gasteiger partial charge in [-0.25, -0.2) is 0 Å². The largest absolute Gasteiger partial charge is 0.385 e. The van der Waals surface area contributed by atoms with E-state index < -0.39 is 0 Å². The Morgan fingerprint density at radius 2 is 2.10 bits per heavy atom. The molecule has 1 aromatic carbocycles. The summed E-state index contributed by atoms with van der Waals surface area (Å²) in [6.07, 6.45) is 2.44. The third kappa shape index (κ3) is 4.23. The van der Waals surface area contributed by atoms with Crippen LogP contribution in [0.1, 0.15) is 30.1 Å². The molecule has 4 nitrogen and oxygen atoms in total. The highest BCUT2D eigenvalue weighted by molar-refractivity contribution is 5.94. The molecule has 1 aliphatic heterocycles. The Morgan fingerprint density at radius 3 is 2.75 bits per heavy atom. The van der Waals surface area contributed by atoms with Crippen LogP contribution in [0.5, 0.6) is 0 Å². The molecule has 1 aromatic rings. The lowest BCUT2D eigenvalue weighted by atomic mass is 9.98. The molecule has 1 saturated heterocycles. The molecule has 0 spiro atoms. The average molecular weight is 275 g/mol. The first-order chi connectivity index (χ1) is 9.69. The summed E-state index contributed by atoms with van der Waals surface area (Å²) in [5, 5.41) is 6.28. The molecule has 2 N–H and O–H groups in total. The molecular weight excluding hydrogens is 250 g/mol. The van der Waals surface area contributed by atoms with Gasteiger partial charge < -0.3 is 15.5 Å². The van der Waals surface area contributed by atoms with Crippen LogP contribution in [-0.4, -0.2) is 44.0 Å². The molecule has 1 aliphatic rings. The summed E-state index contributed by atoms with van der Waals surface area (Å²) in [7, 11) is 2.15. The Bertz CT molecular complexity index is 430. The normalized spacial score (nSPS) is 19.6. The predicted octanol–water partition coefficient (Wildman–Crippen LogP) is 2.19. The fourth-order valence-corrected chi connectivity index (χ4v) is 2.72. The third-order valence-electron chi connectivity index (χ3n) is 3.80. The van der Waals surface area contributed by atoms with Crippen molar-refractivity contribution in [1.29, 1.82) is 0 Å². The molecule has 1 unspecified atom stereocenters. The number of benzene rings is 1. The SMILES string of the molecule is CCNc1ccc(C(=O)NCC2CCCN(C)C2)cc1. The minimum atomic E-state index is 0.0290. The van der Waals surface area contributed by atoms with E-state index in [-0.39, 0.29) is 5.91 Å². The number of nitrogens with one attached hydrogen (secondary N) is 2. The van der Waals surface area contributed by atoms with Crippen molar-refractivity contribution in [3.8, 4) is 0 Å². The zero-order valence-corrected chi connectivity index (χ0v) is 12.5. The van der Waals surface area contributed by atoms with E-state index >= 15 is 0 Å². The molecule has 0 radical (unpaired) electrons. The molecular formula is C16H25N3O. The van der Waals surface area contributed by atoms with E-state index in [4.69, 9.17) is 0 Å². The third-order valence-corrected chi connectivity index (χ3v) is 3.80. The van der Waals surface area contributed by atoms with E-state index in [0.29, 0.717) is 5.92 Å². The van der Waals surface area contributed by atoms with Crippen molar-refractivity contribution >= 4 is 11.6 Å². The van der Waals surface area contributed by atoms with Crippen LogP contribution in [0.2, 0.25) is 0 Å². The molecule has 0 aromatic heterocycles. The van der Waals surface area contributed by atoms with Crippen molar-refractivity contribution in [2.75, 3.05) is 38.5 Å². The summed E-state index contributed by atoms with van der Waals surface area (Å²) < 4.78 is 0. The second kappa shape index (κ2) is 7.29. The zero-order valence-electron chi connectivity index (χ0n) is 12.5. The maximum atomic E-state index is 12.1. The molecule has 20 heavy (non-hydrogen) atoms. The number of anilines is 1. The van der Waals surface area contributed by atoms with E-state index in [1.807, 2.05) is 24.3 Å². The highest BCUT2D eigenvalue weighted by atomic mass is 16.1. The first-order valence-corrected chi connectivity index (χ1v) is 7.49. The summed E-state index contributed by atoms with van der Waals surface area (Å²) in [6, 6.07) is 7.65. The van der Waals surface area contributed by atoms with E-state index in [1.54, 1.807) is 0 Å². The van der Waals surface area contributed by atoms with Crippen molar-refractivity contribution in [1.82, 2.24) is 10.2 Å². The van der Waals surface area contributed by atoms with Crippen LogP contribution in [0, 0.1) is 5.92 Å². The predicted molar refractivity (Wildman–Crippen MR) is 83.2 cm³/mol. The standard InChI is InChI=1S/C16H25N3O/c1-3-17-15-8-6-14(7-9-15)16(20)18-11-13-5-4-10-19(2)12-13/h6-9,13,17H,3-5,10-12H2,1-2H3,(H,18,20). The Balaban J connectivity index is 1.82. The number of hydrogen-bond donors (Lipinski definition) is 2. The van der Waals surface area contributed by atoms with Gasteiger partial charge in [0, 0.05) is 30.9 Å². The van der Waals surface area contributed by atoms with E-state index in [1.165, 1.54) is 19.4 Å². The van der Waals surface area contributed by atoms with Crippen LogP contribution in [0.25, 0.3) is 0 Å². The van der Waals surface area contributed by atoms with Gasteiger partial charge >= 0.3 is 0 Å². The van der Waals surface area contributed by atoms with Crippen LogP contribution in [-0.2, 0) is 0 Å². The monoisotopic (exact) mass is 275 g/mol. The molecule has 0 aliphatic carbocycles. The Kier molecular flexibility index (Phi) is 5.41. The number of hydrogen-bond acceptors (Lipinski definition) is 3. The summed E-state index contributed by atoms with van der Waals surface area (Å²) in [5.41, 5.74) is 1.79. The molecule has 4 heteroatoms. The van der Waals surface area contributed by atoms with Gasteiger partial charge in [0.1, 0.15) is 0 Å². The fraction of sp³-hybridized carbons (Fsp3) is 0.562.